The van der Waals surface area contributed by atoms with Gasteiger partial charge in [-0.3, -0.25) is 9.59 Å². The number of nitrogens with zero attached hydrogens (tertiary/aromatic N) is 1. The number of amides is 2. The summed E-state index contributed by atoms with van der Waals surface area (Å²) in [4.78, 5) is 27.5. The summed E-state index contributed by atoms with van der Waals surface area (Å²) >= 11 is 0. The van der Waals surface area contributed by atoms with Gasteiger partial charge in [-0.1, -0.05) is 31.5 Å². The Morgan fingerprint density at radius 2 is 1.78 bits per heavy atom. The SMILES string of the molecule is CCCCNC(=O)[C@@H](C)N(Cc1ccc(OC)cc1)C(=O)COc1cc(C)cc(C)c1C. The van der Waals surface area contributed by atoms with Crippen molar-refractivity contribution in [3.8, 4) is 11.5 Å². The summed E-state index contributed by atoms with van der Waals surface area (Å²) in [6, 6.07) is 10.9. The molecule has 2 aromatic carbocycles. The summed E-state index contributed by atoms with van der Waals surface area (Å²) in [7, 11) is 1.61. The molecule has 1 atom stereocenters. The largest absolute Gasteiger partial charge is 0.497 e. The third-order valence-electron chi connectivity index (χ3n) is 5.62. The van der Waals surface area contributed by atoms with Crippen LogP contribution in [0.25, 0.3) is 0 Å². The van der Waals surface area contributed by atoms with Crippen LogP contribution in [0.4, 0.5) is 0 Å². The molecule has 2 aromatic rings. The van der Waals surface area contributed by atoms with Crippen molar-refractivity contribution >= 4 is 11.8 Å². The number of nitrogens with one attached hydrogen (secondary N) is 1. The van der Waals surface area contributed by atoms with Crippen LogP contribution >= 0.6 is 0 Å². The van der Waals surface area contributed by atoms with Gasteiger partial charge in [0.1, 0.15) is 17.5 Å². The summed E-state index contributed by atoms with van der Waals surface area (Å²) in [6.45, 7) is 10.6. The minimum atomic E-state index is -0.620. The average Bonchev–Trinajstić information content (AvgIpc) is 2.78. The molecule has 0 aliphatic carbocycles. The molecule has 6 nitrogen and oxygen atoms in total. The highest BCUT2D eigenvalue weighted by molar-refractivity contribution is 5.88. The summed E-state index contributed by atoms with van der Waals surface area (Å²) in [5.74, 6) is 1.03. The fraction of sp³-hybridized carbons (Fsp3) is 0.462. The van der Waals surface area contributed by atoms with Crippen LogP contribution in [0.5, 0.6) is 11.5 Å². The van der Waals surface area contributed by atoms with Crippen molar-refractivity contribution in [2.75, 3.05) is 20.3 Å². The maximum Gasteiger partial charge on any atom is 0.261 e. The number of methoxy groups -OCH3 is 1. The van der Waals surface area contributed by atoms with Gasteiger partial charge < -0.3 is 19.7 Å². The third-order valence-corrected chi connectivity index (χ3v) is 5.62. The number of benzene rings is 2. The fourth-order valence-corrected chi connectivity index (χ4v) is 3.42. The lowest BCUT2D eigenvalue weighted by molar-refractivity contribution is -0.142. The number of unbranched alkanes of at least 4 members (excludes halogenated alkanes) is 1. The molecule has 0 radical (unpaired) electrons. The standard InChI is InChI=1S/C26H36N2O4/c1-7-8-13-27-26(30)21(5)28(16-22-9-11-23(31-6)12-10-22)25(29)17-32-24-15-18(2)14-19(3)20(24)4/h9-12,14-15,21H,7-8,13,16-17H2,1-6H3,(H,27,30)/t21-/m1/s1. The van der Waals surface area contributed by atoms with Gasteiger partial charge in [0.05, 0.1) is 7.11 Å². The Morgan fingerprint density at radius 1 is 1.09 bits per heavy atom. The topological polar surface area (TPSA) is 67.9 Å². The van der Waals surface area contributed by atoms with Crippen molar-refractivity contribution in [1.82, 2.24) is 10.2 Å². The van der Waals surface area contributed by atoms with Gasteiger partial charge in [-0.05, 0) is 74.6 Å². The van der Waals surface area contributed by atoms with Crippen LogP contribution in [0, 0.1) is 20.8 Å². The molecule has 0 fully saturated rings. The Labute approximate surface area is 191 Å². The van der Waals surface area contributed by atoms with E-state index in [2.05, 4.69) is 18.3 Å². The number of ether oxygens (including phenoxy) is 2. The Morgan fingerprint density at radius 3 is 2.41 bits per heavy atom. The van der Waals surface area contributed by atoms with Crippen LogP contribution in [0.1, 0.15) is 48.9 Å². The highest BCUT2D eigenvalue weighted by Gasteiger charge is 2.26. The summed E-state index contributed by atoms with van der Waals surface area (Å²) in [5.41, 5.74) is 4.12. The second-order valence-electron chi connectivity index (χ2n) is 8.18. The lowest BCUT2D eigenvalue weighted by Gasteiger charge is -2.29. The van der Waals surface area contributed by atoms with Gasteiger partial charge in [0.2, 0.25) is 5.91 Å². The lowest BCUT2D eigenvalue weighted by Crippen LogP contribution is -2.49. The van der Waals surface area contributed by atoms with Crippen LogP contribution in [-0.4, -0.2) is 43.0 Å². The molecule has 0 unspecified atom stereocenters. The van der Waals surface area contributed by atoms with Crippen molar-refractivity contribution in [1.29, 1.82) is 0 Å². The highest BCUT2D eigenvalue weighted by Crippen LogP contribution is 2.23. The molecule has 2 rings (SSSR count). The zero-order chi connectivity index (χ0) is 23.7. The quantitative estimate of drug-likeness (QED) is 0.528. The Hall–Kier alpha value is -3.02. The molecule has 0 heterocycles. The molecule has 6 heteroatoms. The van der Waals surface area contributed by atoms with Gasteiger partial charge in [0.15, 0.2) is 6.61 Å². The summed E-state index contributed by atoms with van der Waals surface area (Å²) < 4.78 is 11.1. The van der Waals surface area contributed by atoms with Gasteiger partial charge in [0, 0.05) is 13.1 Å². The highest BCUT2D eigenvalue weighted by atomic mass is 16.5. The zero-order valence-electron chi connectivity index (χ0n) is 20.2. The van der Waals surface area contributed by atoms with E-state index in [1.807, 2.05) is 51.1 Å². The van der Waals surface area contributed by atoms with Crippen molar-refractivity contribution < 1.29 is 19.1 Å². The van der Waals surface area contributed by atoms with E-state index in [1.54, 1.807) is 18.9 Å². The molecule has 2 amide bonds. The molecule has 0 saturated heterocycles. The Bertz CT molecular complexity index is 909. The number of hydrogen-bond acceptors (Lipinski definition) is 4. The molecule has 0 aromatic heterocycles. The zero-order valence-corrected chi connectivity index (χ0v) is 20.2. The van der Waals surface area contributed by atoms with Crippen molar-refractivity contribution in [3.63, 3.8) is 0 Å². The molecule has 174 valence electrons. The van der Waals surface area contributed by atoms with Crippen LogP contribution in [0.3, 0.4) is 0 Å². The van der Waals surface area contributed by atoms with Gasteiger partial charge in [-0.2, -0.15) is 0 Å². The van der Waals surface area contributed by atoms with Crippen LogP contribution in [0.2, 0.25) is 0 Å². The van der Waals surface area contributed by atoms with Crippen LogP contribution < -0.4 is 14.8 Å². The van der Waals surface area contributed by atoms with E-state index in [0.717, 1.165) is 40.8 Å². The van der Waals surface area contributed by atoms with E-state index in [0.29, 0.717) is 18.8 Å². The molecular formula is C26H36N2O4. The third kappa shape index (κ3) is 7.01. The molecule has 32 heavy (non-hydrogen) atoms. The average molecular weight is 441 g/mol. The molecule has 0 bridgehead atoms. The molecule has 0 aliphatic heterocycles. The summed E-state index contributed by atoms with van der Waals surface area (Å²) in [6.07, 6.45) is 1.90. The van der Waals surface area contributed by atoms with E-state index < -0.39 is 6.04 Å². The van der Waals surface area contributed by atoms with Gasteiger partial charge in [-0.25, -0.2) is 0 Å². The number of carbonyl (C=O) groups is 2. The normalized spacial score (nSPS) is 11.6. The minimum Gasteiger partial charge on any atom is -0.497 e. The van der Waals surface area contributed by atoms with Crippen molar-refractivity contribution in [2.24, 2.45) is 0 Å². The first-order chi connectivity index (χ1) is 15.3. The van der Waals surface area contributed by atoms with E-state index >= 15 is 0 Å². The van der Waals surface area contributed by atoms with Crippen LogP contribution in [-0.2, 0) is 16.1 Å². The first kappa shape index (κ1) is 25.2. The molecule has 0 saturated carbocycles. The van der Waals surface area contributed by atoms with Crippen LogP contribution in [0.15, 0.2) is 36.4 Å². The second kappa shape index (κ2) is 12.1. The molecular weight excluding hydrogens is 404 g/mol. The first-order valence-corrected chi connectivity index (χ1v) is 11.2. The van der Waals surface area contributed by atoms with Crippen molar-refractivity contribution in [3.05, 3.63) is 58.7 Å². The van der Waals surface area contributed by atoms with E-state index in [9.17, 15) is 9.59 Å². The summed E-state index contributed by atoms with van der Waals surface area (Å²) in [5, 5.41) is 2.93. The van der Waals surface area contributed by atoms with Gasteiger partial charge in [0.25, 0.3) is 5.91 Å². The minimum absolute atomic E-state index is 0.132. The monoisotopic (exact) mass is 440 g/mol. The van der Waals surface area contributed by atoms with E-state index in [-0.39, 0.29) is 18.4 Å². The Balaban J connectivity index is 2.17. The lowest BCUT2D eigenvalue weighted by atomic mass is 10.1. The number of carbonyl (C=O) groups excluding carboxylic acids is 2. The number of hydrogen-bond donors (Lipinski definition) is 1. The first-order valence-electron chi connectivity index (χ1n) is 11.2. The van der Waals surface area contributed by atoms with E-state index in [1.165, 1.54) is 0 Å². The van der Waals surface area contributed by atoms with E-state index in [4.69, 9.17) is 9.47 Å². The smallest absolute Gasteiger partial charge is 0.261 e. The second-order valence-corrected chi connectivity index (χ2v) is 8.18. The van der Waals surface area contributed by atoms with Gasteiger partial charge in [-0.15, -0.1) is 0 Å². The predicted molar refractivity (Wildman–Crippen MR) is 127 cm³/mol. The molecule has 0 spiro atoms. The van der Waals surface area contributed by atoms with Crippen molar-refractivity contribution in [2.45, 2.75) is 60.0 Å². The molecule has 1 N–H and O–H groups in total. The predicted octanol–water partition coefficient (Wildman–Crippen LogP) is 4.33. The fourth-order valence-electron chi connectivity index (χ4n) is 3.42. The van der Waals surface area contributed by atoms with Gasteiger partial charge >= 0.3 is 0 Å². The maximum atomic E-state index is 13.2. The molecule has 0 aliphatic rings. The number of aryl methyl sites for hydroxylation is 2. The number of rotatable bonds is 11. The Kier molecular flexibility index (Phi) is 9.57. The maximum absolute atomic E-state index is 13.2.